The van der Waals surface area contributed by atoms with E-state index in [-0.39, 0.29) is 0 Å². The van der Waals surface area contributed by atoms with Gasteiger partial charge in [-0.3, -0.25) is 0 Å². The molecular formula is C13H23N5. The van der Waals surface area contributed by atoms with Crippen LogP contribution in [0.1, 0.15) is 33.6 Å². The molecule has 1 aliphatic rings. The van der Waals surface area contributed by atoms with Gasteiger partial charge in [-0.1, -0.05) is 13.8 Å². The fraction of sp³-hybridized carbons (Fsp3) is 0.692. The van der Waals surface area contributed by atoms with Crippen LogP contribution in [-0.2, 0) is 0 Å². The van der Waals surface area contributed by atoms with Crippen molar-refractivity contribution in [3.63, 3.8) is 0 Å². The van der Waals surface area contributed by atoms with Gasteiger partial charge in [0.2, 0.25) is 5.95 Å². The first-order valence-electron chi connectivity index (χ1n) is 6.75. The molecule has 100 valence electrons. The number of hydrogen-bond donors (Lipinski definition) is 2. The SMILES string of the molecule is CCCNc1cc(N2CC(C)CC2C)nc(N)n1. The van der Waals surface area contributed by atoms with E-state index in [1.165, 1.54) is 6.42 Å². The van der Waals surface area contributed by atoms with Crippen molar-refractivity contribution in [1.29, 1.82) is 0 Å². The minimum absolute atomic E-state index is 0.345. The molecule has 0 radical (unpaired) electrons. The lowest BCUT2D eigenvalue weighted by Gasteiger charge is -2.23. The van der Waals surface area contributed by atoms with E-state index in [0.29, 0.717) is 17.9 Å². The normalized spacial score (nSPS) is 23.4. The zero-order valence-electron chi connectivity index (χ0n) is 11.5. The first-order chi connectivity index (χ1) is 8.60. The van der Waals surface area contributed by atoms with Crippen LogP contribution in [0, 0.1) is 5.92 Å². The lowest BCUT2D eigenvalue weighted by atomic mass is 10.1. The van der Waals surface area contributed by atoms with Crippen molar-refractivity contribution in [3.8, 4) is 0 Å². The van der Waals surface area contributed by atoms with Crippen molar-refractivity contribution < 1.29 is 0 Å². The summed E-state index contributed by atoms with van der Waals surface area (Å²) in [6.45, 7) is 8.59. The Morgan fingerprint density at radius 2 is 2.22 bits per heavy atom. The maximum Gasteiger partial charge on any atom is 0.223 e. The monoisotopic (exact) mass is 249 g/mol. The van der Waals surface area contributed by atoms with Crippen molar-refractivity contribution >= 4 is 17.6 Å². The lowest BCUT2D eigenvalue weighted by Crippen LogP contribution is -2.28. The van der Waals surface area contributed by atoms with E-state index >= 15 is 0 Å². The van der Waals surface area contributed by atoms with E-state index in [1.54, 1.807) is 0 Å². The molecule has 2 heterocycles. The molecule has 0 amide bonds. The molecule has 1 aliphatic heterocycles. The zero-order valence-corrected chi connectivity index (χ0v) is 11.5. The fourth-order valence-electron chi connectivity index (χ4n) is 2.56. The Hall–Kier alpha value is -1.52. The Morgan fingerprint density at radius 1 is 1.44 bits per heavy atom. The number of aromatic nitrogens is 2. The summed E-state index contributed by atoms with van der Waals surface area (Å²) < 4.78 is 0. The van der Waals surface area contributed by atoms with Crippen LogP contribution in [0.3, 0.4) is 0 Å². The number of nitrogens with one attached hydrogen (secondary N) is 1. The van der Waals surface area contributed by atoms with Gasteiger partial charge in [-0.15, -0.1) is 0 Å². The molecule has 0 bridgehead atoms. The number of rotatable bonds is 4. The molecule has 3 N–H and O–H groups in total. The van der Waals surface area contributed by atoms with Crippen molar-refractivity contribution in [3.05, 3.63) is 6.07 Å². The average molecular weight is 249 g/mol. The van der Waals surface area contributed by atoms with Crippen LogP contribution in [0.4, 0.5) is 17.6 Å². The summed E-state index contributed by atoms with van der Waals surface area (Å²) in [6.07, 6.45) is 2.28. The van der Waals surface area contributed by atoms with E-state index < -0.39 is 0 Å². The molecule has 2 rings (SSSR count). The van der Waals surface area contributed by atoms with Crippen molar-refractivity contribution in [2.24, 2.45) is 5.92 Å². The molecule has 18 heavy (non-hydrogen) atoms. The van der Waals surface area contributed by atoms with Crippen molar-refractivity contribution in [2.45, 2.75) is 39.7 Å². The van der Waals surface area contributed by atoms with Gasteiger partial charge in [0.1, 0.15) is 11.6 Å². The van der Waals surface area contributed by atoms with Gasteiger partial charge in [-0.05, 0) is 25.7 Å². The molecule has 0 aliphatic carbocycles. The third kappa shape index (κ3) is 2.83. The topological polar surface area (TPSA) is 67.1 Å². The van der Waals surface area contributed by atoms with Crippen LogP contribution in [0.15, 0.2) is 6.07 Å². The molecule has 1 fully saturated rings. The summed E-state index contributed by atoms with van der Waals surface area (Å²) >= 11 is 0. The van der Waals surface area contributed by atoms with Crippen LogP contribution in [0.2, 0.25) is 0 Å². The summed E-state index contributed by atoms with van der Waals surface area (Å²) in [5, 5.41) is 3.27. The Morgan fingerprint density at radius 3 is 2.83 bits per heavy atom. The maximum atomic E-state index is 5.79. The molecule has 1 aromatic rings. The Balaban J connectivity index is 2.19. The number of nitrogen functional groups attached to an aromatic ring is 1. The highest BCUT2D eigenvalue weighted by atomic mass is 15.3. The largest absolute Gasteiger partial charge is 0.370 e. The fourth-order valence-corrected chi connectivity index (χ4v) is 2.56. The van der Waals surface area contributed by atoms with E-state index in [0.717, 1.165) is 31.1 Å². The lowest BCUT2D eigenvalue weighted by molar-refractivity contribution is 0.625. The minimum Gasteiger partial charge on any atom is -0.370 e. The molecule has 0 spiro atoms. The number of nitrogens with zero attached hydrogens (tertiary/aromatic N) is 3. The third-order valence-electron chi connectivity index (χ3n) is 3.36. The van der Waals surface area contributed by atoms with Crippen LogP contribution in [-0.4, -0.2) is 29.1 Å². The van der Waals surface area contributed by atoms with Gasteiger partial charge in [0.15, 0.2) is 0 Å². The van der Waals surface area contributed by atoms with Gasteiger partial charge in [-0.2, -0.15) is 9.97 Å². The van der Waals surface area contributed by atoms with Gasteiger partial charge in [0.05, 0.1) is 0 Å². The van der Waals surface area contributed by atoms with Gasteiger partial charge in [0, 0.05) is 25.2 Å². The molecule has 5 heteroatoms. The highest BCUT2D eigenvalue weighted by molar-refractivity contribution is 5.53. The van der Waals surface area contributed by atoms with Crippen LogP contribution >= 0.6 is 0 Å². The van der Waals surface area contributed by atoms with Gasteiger partial charge < -0.3 is 16.0 Å². The first kappa shape index (κ1) is 12.9. The number of nitrogens with two attached hydrogens (primary N) is 1. The summed E-state index contributed by atoms with van der Waals surface area (Å²) in [6, 6.07) is 2.52. The molecule has 0 aromatic carbocycles. The highest BCUT2D eigenvalue weighted by Crippen LogP contribution is 2.28. The van der Waals surface area contributed by atoms with E-state index in [1.807, 2.05) is 6.07 Å². The predicted molar refractivity (Wildman–Crippen MR) is 75.8 cm³/mol. The summed E-state index contributed by atoms with van der Waals surface area (Å²) in [4.78, 5) is 10.9. The smallest absolute Gasteiger partial charge is 0.223 e. The molecular weight excluding hydrogens is 226 g/mol. The minimum atomic E-state index is 0.345. The first-order valence-corrected chi connectivity index (χ1v) is 6.75. The highest BCUT2D eigenvalue weighted by Gasteiger charge is 2.27. The molecule has 0 saturated carbocycles. The molecule has 2 unspecified atom stereocenters. The van der Waals surface area contributed by atoms with E-state index in [9.17, 15) is 0 Å². The van der Waals surface area contributed by atoms with Crippen LogP contribution in [0.5, 0.6) is 0 Å². The Bertz CT molecular complexity index is 406. The van der Waals surface area contributed by atoms with E-state index in [2.05, 4.69) is 41.0 Å². The standard InChI is InChI=1S/C13H23N5/c1-4-5-15-11-7-12(17-13(14)16-11)18-8-9(2)6-10(18)3/h7,9-10H,4-6,8H2,1-3H3,(H3,14,15,16,17). The summed E-state index contributed by atoms with van der Waals surface area (Å²) in [5.41, 5.74) is 5.79. The molecule has 1 aromatic heterocycles. The maximum absolute atomic E-state index is 5.79. The molecule has 1 saturated heterocycles. The number of hydrogen-bond acceptors (Lipinski definition) is 5. The zero-order chi connectivity index (χ0) is 13.1. The van der Waals surface area contributed by atoms with Gasteiger partial charge >= 0.3 is 0 Å². The van der Waals surface area contributed by atoms with Gasteiger partial charge in [-0.25, -0.2) is 0 Å². The molecule has 5 nitrogen and oxygen atoms in total. The van der Waals surface area contributed by atoms with Crippen LogP contribution in [0.25, 0.3) is 0 Å². The predicted octanol–water partition coefficient (Wildman–Crippen LogP) is 2.12. The van der Waals surface area contributed by atoms with Crippen LogP contribution < -0.4 is 16.0 Å². The van der Waals surface area contributed by atoms with Crippen molar-refractivity contribution in [1.82, 2.24) is 9.97 Å². The number of anilines is 3. The Labute approximate surface area is 109 Å². The Kier molecular flexibility index (Phi) is 3.89. The molecule has 2 atom stereocenters. The second-order valence-corrected chi connectivity index (χ2v) is 5.24. The summed E-state index contributed by atoms with van der Waals surface area (Å²) in [7, 11) is 0. The second-order valence-electron chi connectivity index (χ2n) is 5.24. The third-order valence-corrected chi connectivity index (χ3v) is 3.36. The average Bonchev–Trinajstić information content (AvgIpc) is 2.65. The quantitative estimate of drug-likeness (QED) is 0.855. The van der Waals surface area contributed by atoms with E-state index in [4.69, 9.17) is 5.73 Å². The summed E-state index contributed by atoms with van der Waals surface area (Å²) in [5.74, 6) is 2.82. The van der Waals surface area contributed by atoms with Gasteiger partial charge in [0.25, 0.3) is 0 Å². The van der Waals surface area contributed by atoms with Crippen molar-refractivity contribution in [2.75, 3.05) is 29.0 Å². The second kappa shape index (κ2) is 5.42.